The van der Waals surface area contributed by atoms with Crippen molar-refractivity contribution in [1.82, 2.24) is 5.32 Å². The van der Waals surface area contributed by atoms with E-state index >= 15 is 0 Å². The van der Waals surface area contributed by atoms with Gasteiger partial charge >= 0.3 is 13.8 Å². The number of unbranched alkanes of at least 4 members (excludes halogenated alkanes) is 17. The summed E-state index contributed by atoms with van der Waals surface area (Å²) in [4.78, 5) is 33.8. The first-order valence-electron chi connectivity index (χ1n) is 20.6. The van der Waals surface area contributed by atoms with Crippen molar-refractivity contribution in [3.8, 4) is 0 Å². The summed E-state index contributed by atoms with van der Waals surface area (Å²) in [5.41, 5.74) is 0. The van der Waals surface area contributed by atoms with Gasteiger partial charge in [-0.3, -0.25) is 18.6 Å². The van der Waals surface area contributed by atoms with E-state index in [1.54, 1.807) is 0 Å². The Labute approximate surface area is 317 Å². The number of aliphatic hydroxyl groups is 1. The van der Waals surface area contributed by atoms with Crippen molar-refractivity contribution in [3.05, 3.63) is 48.6 Å². The molecule has 0 heterocycles. The number of amides is 1. The molecule has 0 aromatic rings. The van der Waals surface area contributed by atoms with Crippen LogP contribution in [0.4, 0.5) is 0 Å². The number of esters is 1. The number of nitrogens with one attached hydrogen (secondary N) is 1. The van der Waals surface area contributed by atoms with Gasteiger partial charge in [-0.25, -0.2) is 4.57 Å². The van der Waals surface area contributed by atoms with E-state index in [0.29, 0.717) is 6.42 Å². The minimum Gasteiger partial charge on any atom is -0.463 e. The van der Waals surface area contributed by atoms with Crippen molar-refractivity contribution in [2.24, 2.45) is 0 Å². The molecule has 0 saturated carbocycles. The van der Waals surface area contributed by atoms with Gasteiger partial charge in [0, 0.05) is 19.4 Å². The van der Waals surface area contributed by atoms with Crippen molar-refractivity contribution in [1.29, 1.82) is 0 Å². The molecule has 0 saturated heterocycles. The molecule has 10 heteroatoms. The van der Waals surface area contributed by atoms with Gasteiger partial charge in [0.2, 0.25) is 5.91 Å². The van der Waals surface area contributed by atoms with Gasteiger partial charge in [0.05, 0.1) is 13.2 Å². The predicted octanol–water partition coefficient (Wildman–Crippen LogP) is 11.2. The van der Waals surface area contributed by atoms with Gasteiger partial charge in [-0.1, -0.05) is 140 Å². The van der Waals surface area contributed by atoms with E-state index < -0.39 is 26.5 Å². The molecule has 0 rings (SSSR count). The second kappa shape index (κ2) is 38.7. The first kappa shape index (κ1) is 50.0. The number of hydrogen-bond donors (Lipinski definition) is 3. The van der Waals surface area contributed by atoms with E-state index in [0.717, 1.165) is 89.9 Å². The average molecular weight is 754 g/mol. The molecule has 302 valence electrons. The summed E-state index contributed by atoms with van der Waals surface area (Å²) in [7, 11) is -4.42. The summed E-state index contributed by atoms with van der Waals surface area (Å²) in [5.74, 6) is -0.541. The smallest absolute Gasteiger partial charge is 0.463 e. The first-order valence-corrected chi connectivity index (χ1v) is 22.1. The zero-order valence-corrected chi connectivity index (χ0v) is 33.9. The first-order chi connectivity index (χ1) is 25.3. The number of phosphoric acid groups is 1. The molecule has 0 aliphatic heterocycles. The Balaban J connectivity index is 3.64. The number of allylic oxidation sites excluding steroid dienone is 8. The predicted molar refractivity (Wildman–Crippen MR) is 215 cm³/mol. The van der Waals surface area contributed by atoms with Crippen molar-refractivity contribution < 1.29 is 37.9 Å². The summed E-state index contributed by atoms with van der Waals surface area (Å²) in [6.07, 6.45) is 43.2. The van der Waals surface area contributed by atoms with E-state index in [2.05, 4.69) is 67.8 Å². The lowest BCUT2D eigenvalue weighted by molar-refractivity contribution is -0.147. The van der Waals surface area contributed by atoms with E-state index in [-0.39, 0.29) is 32.1 Å². The molecule has 0 bridgehead atoms. The summed E-state index contributed by atoms with van der Waals surface area (Å²) in [6.45, 7) is 3.43. The Hall–Kier alpha value is -2.03. The van der Waals surface area contributed by atoms with Crippen LogP contribution in [0.5, 0.6) is 0 Å². The van der Waals surface area contributed by atoms with Crippen LogP contribution in [0.25, 0.3) is 0 Å². The molecule has 52 heavy (non-hydrogen) atoms. The fourth-order valence-electron chi connectivity index (χ4n) is 5.33. The molecule has 9 nitrogen and oxygen atoms in total. The van der Waals surface area contributed by atoms with Crippen molar-refractivity contribution >= 4 is 19.7 Å². The fraction of sp³-hybridized carbons (Fsp3) is 0.762. The number of aliphatic hydroxyl groups excluding tert-OH is 1. The number of ether oxygens (including phenoxy) is 1. The van der Waals surface area contributed by atoms with Gasteiger partial charge in [0.25, 0.3) is 0 Å². The van der Waals surface area contributed by atoms with Crippen molar-refractivity contribution in [3.63, 3.8) is 0 Å². The lowest BCUT2D eigenvalue weighted by Crippen LogP contribution is -2.27. The highest BCUT2D eigenvalue weighted by atomic mass is 31.2. The maximum atomic E-state index is 12.1. The van der Waals surface area contributed by atoms with Crippen LogP contribution in [-0.2, 0) is 27.9 Å². The van der Waals surface area contributed by atoms with Gasteiger partial charge in [0.15, 0.2) is 0 Å². The molecular formula is C42H76NO8P. The lowest BCUT2D eigenvalue weighted by atomic mass is 10.1. The highest BCUT2D eigenvalue weighted by molar-refractivity contribution is 7.47. The average Bonchev–Trinajstić information content (AvgIpc) is 3.13. The minimum atomic E-state index is -4.42. The Morgan fingerprint density at radius 3 is 1.62 bits per heavy atom. The van der Waals surface area contributed by atoms with Crippen LogP contribution in [0, 0.1) is 0 Å². The van der Waals surface area contributed by atoms with Crippen molar-refractivity contribution in [2.45, 2.75) is 180 Å². The van der Waals surface area contributed by atoms with Crippen LogP contribution >= 0.6 is 7.82 Å². The molecule has 0 spiro atoms. The summed E-state index contributed by atoms with van der Waals surface area (Å²) < 4.78 is 26.8. The minimum absolute atomic E-state index is 0.0715. The molecular weight excluding hydrogens is 677 g/mol. The van der Waals surface area contributed by atoms with Gasteiger partial charge < -0.3 is 20.1 Å². The Kier molecular flexibility index (Phi) is 37.2. The fourth-order valence-corrected chi connectivity index (χ4v) is 6.09. The molecule has 3 N–H and O–H groups in total. The largest absolute Gasteiger partial charge is 0.472 e. The molecule has 2 unspecified atom stereocenters. The van der Waals surface area contributed by atoms with E-state index in [4.69, 9.17) is 13.8 Å². The second-order valence-electron chi connectivity index (χ2n) is 13.6. The lowest BCUT2D eigenvalue weighted by Gasteiger charge is -2.15. The zero-order chi connectivity index (χ0) is 38.2. The number of hydrogen-bond acceptors (Lipinski definition) is 7. The van der Waals surface area contributed by atoms with Crippen LogP contribution in [0.15, 0.2) is 48.6 Å². The Morgan fingerprint density at radius 2 is 1.08 bits per heavy atom. The van der Waals surface area contributed by atoms with E-state index in [1.807, 2.05) is 0 Å². The number of phosphoric ester groups is 1. The SMILES string of the molecule is CCC/C=C\C/C=C\CCCCCCCC(=O)NCCOP(=O)(O)OCC(O)COC(=O)CCCCCCCCC/C=C\C/C=C\CCCCCC. The van der Waals surface area contributed by atoms with Gasteiger partial charge in [0.1, 0.15) is 12.7 Å². The summed E-state index contributed by atoms with van der Waals surface area (Å²) >= 11 is 0. The zero-order valence-electron chi connectivity index (χ0n) is 33.0. The van der Waals surface area contributed by atoms with E-state index in [9.17, 15) is 24.2 Å². The number of carbonyl (C=O) groups excluding carboxylic acids is 2. The maximum Gasteiger partial charge on any atom is 0.472 e. The molecule has 0 radical (unpaired) electrons. The van der Waals surface area contributed by atoms with Gasteiger partial charge in [-0.05, 0) is 70.6 Å². The standard InChI is InChI=1S/C42H76NO8P/c1-3-5-7-9-11-13-15-17-18-19-20-21-23-25-27-29-31-33-35-42(46)49-38-40(44)39-51-52(47,48)50-37-36-43-41(45)34-32-30-28-26-24-22-16-14-12-10-8-6-4-2/h8,10,13-16,18-19,40,44H,3-7,9,11-12,17,20-39H2,1-2H3,(H,43,45)(H,47,48)/b10-8-,15-13-,16-14-,19-18-. The van der Waals surface area contributed by atoms with Crippen LogP contribution < -0.4 is 5.32 Å². The Bertz CT molecular complexity index is 996. The third kappa shape index (κ3) is 39.2. The van der Waals surface area contributed by atoms with E-state index in [1.165, 1.54) is 57.8 Å². The van der Waals surface area contributed by atoms with Gasteiger partial charge in [-0.15, -0.1) is 0 Å². The van der Waals surface area contributed by atoms with Crippen molar-refractivity contribution in [2.75, 3.05) is 26.4 Å². The highest BCUT2D eigenvalue weighted by Crippen LogP contribution is 2.42. The van der Waals surface area contributed by atoms with Crippen LogP contribution in [-0.4, -0.2) is 54.3 Å². The molecule has 0 aromatic carbocycles. The summed E-state index contributed by atoms with van der Waals surface area (Å²) in [6, 6.07) is 0. The molecule has 0 aromatic heterocycles. The number of rotatable bonds is 38. The second-order valence-corrected chi connectivity index (χ2v) is 15.1. The van der Waals surface area contributed by atoms with Gasteiger partial charge in [-0.2, -0.15) is 0 Å². The topological polar surface area (TPSA) is 131 Å². The van der Waals surface area contributed by atoms with Crippen LogP contribution in [0.3, 0.4) is 0 Å². The third-order valence-corrected chi connectivity index (χ3v) is 9.45. The third-order valence-electron chi connectivity index (χ3n) is 8.46. The molecule has 2 atom stereocenters. The number of carbonyl (C=O) groups is 2. The quantitative estimate of drug-likeness (QED) is 0.0246. The molecule has 0 aliphatic rings. The Morgan fingerprint density at radius 1 is 0.596 bits per heavy atom. The monoisotopic (exact) mass is 754 g/mol. The molecule has 1 amide bonds. The van der Waals surface area contributed by atoms with Crippen LogP contribution in [0.2, 0.25) is 0 Å². The normalized spacial score (nSPS) is 13.8. The molecule has 0 aliphatic carbocycles. The van der Waals surface area contributed by atoms with Crippen LogP contribution in [0.1, 0.15) is 174 Å². The highest BCUT2D eigenvalue weighted by Gasteiger charge is 2.23. The molecule has 0 fully saturated rings. The summed E-state index contributed by atoms with van der Waals surface area (Å²) in [5, 5.41) is 12.7. The maximum absolute atomic E-state index is 12.1.